The molecule has 0 saturated heterocycles. The molecular weight excluding hydrogens is 250 g/mol. The molecule has 0 aromatic heterocycles. The Morgan fingerprint density at radius 3 is 2.50 bits per heavy atom. The monoisotopic (exact) mass is 269 g/mol. The van der Waals surface area contributed by atoms with Gasteiger partial charge < -0.3 is 10.0 Å². The first-order valence-electron chi connectivity index (χ1n) is 6.63. The highest BCUT2D eigenvalue weighted by atomic mass is 16.3. The van der Waals surface area contributed by atoms with E-state index in [1.165, 1.54) is 6.92 Å². The van der Waals surface area contributed by atoms with E-state index < -0.39 is 0 Å². The number of carbonyl (C=O) groups excluding carboxylic acids is 1. The van der Waals surface area contributed by atoms with Crippen LogP contribution in [0.5, 0.6) is 0 Å². The zero-order valence-electron chi connectivity index (χ0n) is 11.9. The third kappa shape index (κ3) is 2.58. The number of carbonyl (C=O) groups is 1. The highest BCUT2D eigenvalue weighted by Crippen LogP contribution is 2.34. The number of aliphatic hydroxyl groups is 1. The topological polar surface area (TPSA) is 40.5 Å². The number of hydrogen-bond acceptors (Lipinski definition) is 3. The molecule has 3 heteroatoms. The zero-order chi connectivity index (χ0) is 14.7. The van der Waals surface area contributed by atoms with Gasteiger partial charge in [-0.3, -0.25) is 4.79 Å². The van der Waals surface area contributed by atoms with Gasteiger partial charge in [0.05, 0.1) is 12.3 Å². The summed E-state index contributed by atoms with van der Waals surface area (Å²) in [6.45, 7) is 7.96. The molecule has 1 aromatic carbocycles. The van der Waals surface area contributed by atoms with Crippen LogP contribution in [-0.2, 0) is 4.79 Å². The van der Waals surface area contributed by atoms with Crippen molar-refractivity contribution in [3.8, 4) is 0 Å². The van der Waals surface area contributed by atoms with Crippen LogP contribution in [0.3, 0.4) is 0 Å². The molecule has 0 bridgehead atoms. The summed E-state index contributed by atoms with van der Waals surface area (Å²) in [5.41, 5.74) is 4.31. The third-order valence-electron chi connectivity index (χ3n) is 3.39. The van der Waals surface area contributed by atoms with Crippen LogP contribution >= 0.6 is 0 Å². The van der Waals surface area contributed by atoms with E-state index in [1.54, 1.807) is 0 Å². The van der Waals surface area contributed by atoms with Gasteiger partial charge in [0.25, 0.3) is 0 Å². The molecule has 1 aromatic rings. The lowest BCUT2D eigenvalue weighted by Crippen LogP contribution is -2.30. The Morgan fingerprint density at radius 1 is 1.30 bits per heavy atom. The van der Waals surface area contributed by atoms with E-state index in [9.17, 15) is 9.90 Å². The molecule has 0 aliphatic carbocycles. The molecule has 1 aliphatic rings. The maximum absolute atomic E-state index is 11.7. The summed E-state index contributed by atoms with van der Waals surface area (Å²) in [5.74, 6) is -0.00981. The van der Waals surface area contributed by atoms with E-state index in [0.29, 0.717) is 17.8 Å². The van der Waals surface area contributed by atoms with Crippen molar-refractivity contribution in [2.24, 2.45) is 0 Å². The predicted molar refractivity (Wildman–Crippen MR) is 80.7 cm³/mol. The number of rotatable bonds is 4. The predicted octanol–water partition coefficient (Wildman–Crippen LogP) is 2.75. The summed E-state index contributed by atoms with van der Waals surface area (Å²) in [4.78, 5) is 13.6. The lowest BCUT2D eigenvalue weighted by Gasteiger charge is -2.34. The van der Waals surface area contributed by atoms with Gasteiger partial charge in [0.15, 0.2) is 5.78 Å². The number of aliphatic hydroxyl groups excluding tert-OH is 1. The molecule has 2 rings (SSSR count). The number of β-amino-alcohol motifs (C(OH)–C–C–N with tert-alkyl or cyclic N) is 1. The Balaban J connectivity index is 2.57. The fraction of sp³-hybridized carbons (Fsp3) is 0.235. The number of nitrogens with zero attached hydrogens (tertiary/aromatic N) is 1. The van der Waals surface area contributed by atoms with E-state index in [0.717, 1.165) is 16.8 Å². The van der Waals surface area contributed by atoms with Gasteiger partial charge in [-0.2, -0.15) is 0 Å². The van der Waals surface area contributed by atoms with Gasteiger partial charge in [-0.1, -0.05) is 36.9 Å². The largest absolute Gasteiger partial charge is 0.395 e. The van der Waals surface area contributed by atoms with E-state index in [-0.39, 0.29) is 12.4 Å². The van der Waals surface area contributed by atoms with Gasteiger partial charge in [-0.15, -0.1) is 0 Å². The average Bonchev–Trinajstić information content (AvgIpc) is 2.43. The minimum atomic E-state index is -0.00981. The summed E-state index contributed by atoms with van der Waals surface area (Å²) in [6.07, 6.45) is 1.88. The molecular formula is C17H19NO2. The molecule has 0 unspecified atom stereocenters. The molecule has 1 heterocycles. The second-order valence-corrected chi connectivity index (χ2v) is 4.83. The van der Waals surface area contributed by atoms with Gasteiger partial charge >= 0.3 is 0 Å². The third-order valence-corrected chi connectivity index (χ3v) is 3.39. The Morgan fingerprint density at radius 2 is 1.95 bits per heavy atom. The minimum Gasteiger partial charge on any atom is -0.395 e. The second-order valence-electron chi connectivity index (χ2n) is 4.83. The van der Waals surface area contributed by atoms with Crippen molar-refractivity contribution in [1.29, 1.82) is 0 Å². The van der Waals surface area contributed by atoms with Crippen LogP contribution in [0.15, 0.2) is 59.8 Å². The molecule has 0 amide bonds. The minimum absolute atomic E-state index is 0.00776. The van der Waals surface area contributed by atoms with Crippen molar-refractivity contribution in [1.82, 2.24) is 4.90 Å². The fourth-order valence-electron chi connectivity index (χ4n) is 2.49. The smallest absolute Gasteiger partial charge is 0.161 e. The molecule has 1 aliphatic heterocycles. The molecule has 0 saturated carbocycles. The lowest BCUT2D eigenvalue weighted by molar-refractivity contribution is -0.113. The van der Waals surface area contributed by atoms with Crippen LogP contribution in [0.2, 0.25) is 0 Å². The summed E-state index contributed by atoms with van der Waals surface area (Å²) >= 11 is 0. The SMILES string of the molecule is C=C1C(C(C)=O)=CC(C)=C(c2ccccc2)N1CCO. The van der Waals surface area contributed by atoms with Crippen LogP contribution in [0.4, 0.5) is 0 Å². The summed E-state index contributed by atoms with van der Waals surface area (Å²) in [5, 5.41) is 9.30. The van der Waals surface area contributed by atoms with E-state index in [4.69, 9.17) is 0 Å². The standard InChI is InChI=1S/C17H19NO2/c1-12-11-16(14(3)20)13(2)18(9-10-19)17(12)15-7-5-4-6-8-15/h4-8,11,19H,2,9-10H2,1,3H3. The second kappa shape index (κ2) is 5.88. The van der Waals surface area contributed by atoms with E-state index >= 15 is 0 Å². The van der Waals surface area contributed by atoms with Crippen LogP contribution in [0.25, 0.3) is 5.70 Å². The first kappa shape index (κ1) is 14.3. The van der Waals surface area contributed by atoms with E-state index in [2.05, 4.69) is 6.58 Å². The van der Waals surface area contributed by atoms with Crippen molar-refractivity contribution in [2.45, 2.75) is 13.8 Å². The maximum Gasteiger partial charge on any atom is 0.161 e. The van der Waals surface area contributed by atoms with Crippen molar-refractivity contribution in [3.63, 3.8) is 0 Å². The van der Waals surface area contributed by atoms with Gasteiger partial charge in [0, 0.05) is 17.8 Å². The lowest BCUT2D eigenvalue weighted by atomic mass is 9.95. The Hall–Kier alpha value is -2.13. The summed E-state index contributed by atoms with van der Waals surface area (Å²) in [7, 11) is 0. The maximum atomic E-state index is 11.7. The summed E-state index contributed by atoms with van der Waals surface area (Å²) in [6, 6.07) is 9.94. The van der Waals surface area contributed by atoms with Gasteiger partial charge in [-0.25, -0.2) is 0 Å². The van der Waals surface area contributed by atoms with Gasteiger partial charge in [0.2, 0.25) is 0 Å². The van der Waals surface area contributed by atoms with Crippen molar-refractivity contribution in [3.05, 3.63) is 65.4 Å². The molecule has 20 heavy (non-hydrogen) atoms. The summed E-state index contributed by atoms with van der Waals surface area (Å²) < 4.78 is 0. The van der Waals surface area contributed by atoms with Gasteiger partial charge in [0.1, 0.15) is 0 Å². The number of ketones is 1. The van der Waals surface area contributed by atoms with Crippen molar-refractivity contribution in [2.75, 3.05) is 13.2 Å². The van der Waals surface area contributed by atoms with Crippen LogP contribution in [0.1, 0.15) is 19.4 Å². The van der Waals surface area contributed by atoms with Gasteiger partial charge in [-0.05, 0) is 31.1 Å². The average molecular weight is 269 g/mol. The molecule has 1 N–H and O–H groups in total. The van der Waals surface area contributed by atoms with E-state index in [1.807, 2.05) is 48.2 Å². The molecule has 0 fully saturated rings. The Labute approximate surface area is 119 Å². The molecule has 3 nitrogen and oxygen atoms in total. The number of hydrogen-bond donors (Lipinski definition) is 1. The van der Waals surface area contributed by atoms with Crippen molar-refractivity contribution < 1.29 is 9.90 Å². The van der Waals surface area contributed by atoms with Crippen LogP contribution in [0, 0.1) is 0 Å². The quantitative estimate of drug-likeness (QED) is 0.913. The first-order chi connectivity index (χ1) is 9.56. The Kier molecular flexibility index (Phi) is 4.20. The molecule has 0 radical (unpaired) electrons. The number of allylic oxidation sites excluding steroid dienone is 3. The highest BCUT2D eigenvalue weighted by Gasteiger charge is 2.25. The zero-order valence-corrected chi connectivity index (χ0v) is 11.9. The molecule has 0 atom stereocenters. The fourth-order valence-corrected chi connectivity index (χ4v) is 2.49. The Bertz CT molecular complexity index is 597. The first-order valence-corrected chi connectivity index (χ1v) is 6.63. The molecule has 104 valence electrons. The normalized spacial score (nSPS) is 15.4. The molecule has 0 spiro atoms. The number of benzene rings is 1. The van der Waals surface area contributed by atoms with Crippen LogP contribution < -0.4 is 0 Å². The van der Waals surface area contributed by atoms with Crippen LogP contribution in [-0.4, -0.2) is 28.9 Å². The van der Waals surface area contributed by atoms with Crippen molar-refractivity contribution >= 4 is 11.5 Å². The highest BCUT2D eigenvalue weighted by molar-refractivity contribution is 6.00. The number of Topliss-reactive ketones (excluding diaryl/α,β-unsaturated/α-hetero) is 1.